The highest BCUT2D eigenvalue weighted by atomic mass is 32.2. The van der Waals surface area contributed by atoms with E-state index >= 15 is 0 Å². The van der Waals surface area contributed by atoms with Crippen LogP contribution in [0.4, 0.5) is 0 Å². The normalized spacial score (nSPS) is 21.4. The molecule has 1 fully saturated rings. The molecule has 0 bridgehead atoms. The Balaban J connectivity index is 2.17. The fourth-order valence-electron chi connectivity index (χ4n) is 1.65. The Bertz CT molecular complexity index is 297. The van der Waals surface area contributed by atoms with Gasteiger partial charge in [0.2, 0.25) is 0 Å². The predicted octanol–water partition coefficient (Wildman–Crippen LogP) is 0.476. The SMILES string of the molecule is CCC(=O)CCCN1CCS(=O)(=O)CC1. The smallest absolute Gasteiger partial charge is 0.152 e. The maximum Gasteiger partial charge on any atom is 0.152 e. The summed E-state index contributed by atoms with van der Waals surface area (Å²) in [7, 11) is -2.77. The van der Waals surface area contributed by atoms with Crippen LogP contribution in [0.5, 0.6) is 0 Å². The Hall–Kier alpha value is -0.420. The molecule has 0 aliphatic carbocycles. The van der Waals surface area contributed by atoms with E-state index in [1.165, 1.54) is 0 Å². The molecule has 0 spiro atoms. The Kier molecular flexibility index (Phi) is 4.73. The molecule has 4 nitrogen and oxygen atoms in total. The molecule has 1 aliphatic heterocycles. The quantitative estimate of drug-likeness (QED) is 0.693. The molecule has 0 aromatic carbocycles. The summed E-state index contributed by atoms with van der Waals surface area (Å²) in [6.07, 6.45) is 2.08. The molecule has 15 heavy (non-hydrogen) atoms. The van der Waals surface area contributed by atoms with Gasteiger partial charge in [-0.3, -0.25) is 4.79 Å². The largest absolute Gasteiger partial charge is 0.301 e. The summed E-state index contributed by atoms with van der Waals surface area (Å²) in [6.45, 7) is 3.97. The summed E-state index contributed by atoms with van der Waals surface area (Å²) in [5.74, 6) is 0.836. The van der Waals surface area contributed by atoms with Gasteiger partial charge in [-0.25, -0.2) is 8.42 Å². The summed E-state index contributed by atoms with van der Waals surface area (Å²) >= 11 is 0. The summed E-state index contributed by atoms with van der Waals surface area (Å²) in [6, 6.07) is 0. The third kappa shape index (κ3) is 4.75. The van der Waals surface area contributed by atoms with Gasteiger partial charge in [-0.15, -0.1) is 0 Å². The lowest BCUT2D eigenvalue weighted by atomic mass is 10.2. The van der Waals surface area contributed by atoms with Gasteiger partial charge in [-0.05, 0) is 13.0 Å². The van der Waals surface area contributed by atoms with E-state index < -0.39 is 9.84 Å². The van der Waals surface area contributed by atoms with Crippen LogP contribution in [0.3, 0.4) is 0 Å². The second-order valence-corrected chi connectivity index (χ2v) is 6.29. The molecule has 0 amide bonds. The van der Waals surface area contributed by atoms with Crippen molar-refractivity contribution in [1.29, 1.82) is 0 Å². The zero-order valence-corrected chi connectivity index (χ0v) is 10.1. The average Bonchev–Trinajstić information content (AvgIpc) is 2.20. The van der Waals surface area contributed by atoms with E-state index in [2.05, 4.69) is 4.90 Å². The van der Waals surface area contributed by atoms with E-state index in [9.17, 15) is 13.2 Å². The summed E-state index contributed by atoms with van der Waals surface area (Å²) in [4.78, 5) is 13.2. The van der Waals surface area contributed by atoms with Gasteiger partial charge in [-0.1, -0.05) is 6.92 Å². The van der Waals surface area contributed by atoms with Crippen LogP contribution in [0.25, 0.3) is 0 Å². The van der Waals surface area contributed by atoms with Crippen LogP contribution < -0.4 is 0 Å². The van der Waals surface area contributed by atoms with Crippen LogP contribution in [0, 0.1) is 0 Å². The first kappa shape index (κ1) is 12.6. The van der Waals surface area contributed by atoms with Crippen LogP contribution >= 0.6 is 0 Å². The van der Waals surface area contributed by atoms with Crippen LogP contribution in [0.1, 0.15) is 26.2 Å². The first-order valence-corrected chi connectivity index (χ1v) is 7.30. The van der Waals surface area contributed by atoms with Crippen LogP contribution in [-0.2, 0) is 14.6 Å². The molecular weight excluding hydrogens is 214 g/mol. The zero-order chi connectivity index (χ0) is 11.3. The Morgan fingerprint density at radius 2 is 1.87 bits per heavy atom. The third-order valence-electron chi connectivity index (χ3n) is 2.76. The number of sulfone groups is 1. The maximum absolute atomic E-state index is 11.1. The lowest BCUT2D eigenvalue weighted by molar-refractivity contribution is -0.118. The number of rotatable bonds is 5. The van der Waals surface area contributed by atoms with Crippen molar-refractivity contribution >= 4 is 15.6 Å². The van der Waals surface area contributed by atoms with Gasteiger partial charge in [0.1, 0.15) is 5.78 Å². The Labute approximate surface area is 91.6 Å². The van der Waals surface area contributed by atoms with Gasteiger partial charge < -0.3 is 4.90 Å². The molecule has 1 heterocycles. The standard InChI is InChI=1S/C10H19NO3S/c1-2-10(12)4-3-5-11-6-8-15(13,14)9-7-11/h2-9H2,1H3. The van der Waals surface area contributed by atoms with Gasteiger partial charge in [0.15, 0.2) is 9.84 Å². The third-order valence-corrected chi connectivity index (χ3v) is 4.37. The van der Waals surface area contributed by atoms with Gasteiger partial charge in [0, 0.05) is 25.9 Å². The highest BCUT2D eigenvalue weighted by molar-refractivity contribution is 7.91. The van der Waals surface area contributed by atoms with Crippen molar-refractivity contribution in [3.05, 3.63) is 0 Å². The highest BCUT2D eigenvalue weighted by Gasteiger charge is 2.20. The molecule has 0 N–H and O–H groups in total. The molecule has 0 saturated carbocycles. The summed E-state index contributed by atoms with van der Waals surface area (Å²) in [5, 5.41) is 0. The topological polar surface area (TPSA) is 54.5 Å². The average molecular weight is 233 g/mol. The van der Waals surface area contributed by atoms with E-state index in [0.717, 1.165) is 13.0 Å². The minimum atomic E-state index is -2.77. The minimum Gasteiger partial charge on any atom is -0.301 e. The molecule has 1 saturated heterocycles. The van der Waals surface area contributed by atoms with Crippen molar-refractivity contribution in [2.24, 2.45) is 0 Å². The monoisotopic (exact) mass is 233 g/mol. The molecule has 0 aromatic rings. The zero-order valence-electron chi connectivity index (χ0n) is 9.24. The first-order valence-electron chi connectivity index (χ1n) is 5.48. The van der Waals surface area contributed by atoms with E-state index in [1.54, 1.807) is 0 Å². The summed E-state index contributed by atoms with van der Waals surface area (Å²) in [5.41, 5.74) is 0. The number of hydrogen-bond acceptors (Lipinski definition) is 4. The molecular formula is C10H19NO3S. The molecule has 0 aromatic heterocycles. The molecule has 1 rings (SSSR count). The fraction of sp³-hybridized carbons (Fsp3) is 0.900. The Morgan fingerprint density at radius 3 is 2.40 bits per heavy atom. The van der Waals surface area contributed by atoms with Crippen LogP contribution in [-0.4, -0.2) is 50.2 Å². The lowest BCUT2D eigenvalue weighted by Gasteiger charge is -2.26. The fourth-order valence-corrected chi connectivity index (χ4v) is 2.93. The number of ketones is 1. The van der Waals surface area contributed by atoms with Crippen LogP contribution in [0.2, 0.25) is 0 Å². The number of Topliss-reactive ketones (excluding diaryl/α,β-unsaturated/α-hetero) is 1. The van der Waals surface area contributed by atoms with E-state index in [0.29, 0.717) is 31.7 Å². The van der Waals surface area contributed by atoms with E-state index in [1.807, 2.05) is 6.92 Å². The second kappa shape index (κ2) is 5.61. The molecule has 0 unspecified atom stereocenters. The Morgan fingerprint density at radius 1 is 1.27 bits per heavy atom. The van der Waals surface area contributed by atoms with Crippen molar-refractivity contribution in [2.45, 2.75) is 26.2 Å². The molecule has 0 atom stereocenters. The molecule has 1 aliphatic rings. The van der Waals surface area contributed by atoms with Crippen molar-refractivity contribution in [2.75, 3.05) is 31.1 Å². The van der Waals surface area contributed by atoms with Crippen LogP contribution in [0.15, 0.2) is 0 Å². The minimum absolute atomic E-state index is 0.273. The van der Waals surface area contributed by atoms with Gasteiger partial charge in [-0.2, -0.15) is 0 Å². The maximum atomic E-state index is 11.1. The number of carbonyl (C=O) groups is 1. The van der Waals surface area contributed by atoms with Crippen molar-refractivity contribution in [1.82, 2.24) is 4.90 Å². The summed E-state index contributed by atoms with van der Waals surface area (Å²) < 4.78 is 22.3. The van der Waals surface area contributed by atoms with Crippen molar-refractivity contribution in [3.8, 4) is 0 Å². The first-order chi connectivity index (χ1) is 7.03. The van der Waals surface area contributed by atoms with E-state index in [-0.39, 0.29) is 11.5 Å². The van der Waals surface area contributed by atoms with Crippen molar-refractivity contribution < 1.29 is 13.2 Å². The van der Waals surface area contributed by atoms with E-state index in [4.69, 9.17) is 0 Å². The second-order valence-electron chi connectivity index (χ2n) is 3.99. The molecule has 0 radical (unpaired) electrons. The highest BCUT2D eigenvalue weighted by Crippen LogP contribution is 2.05. The molecule has 88 valence electrons. The van der Waals surface area contributed by atoms with Gasteiger partial charge in [0.25, 0.3) is 0 Å². The van der Waals surface area contributed by atoms with Gasteiger partial charge in [0.05, 0.1) is 11.5 Å². The lowest BCUT2D eigenvalue weighted by Crippen LogP contribution is -2.40. The number of nitrogens with zero attached hydrogens (tertiary/aromatic N) is 1. The molecule has 5 heteroatoms. The number of hydrogen-bond donors (Lipinski definition) is 0. The predicted molar refractivity (Wildman–Crippen MR) is 59.6 cm³/mol. The van der Waals surface area contributed by atoms with Crippen molar-refractivity contribution in [3.63, 3.8) is 0 Å². The van der Waals surface area contributed by atoms with Gasteiger partial charge >= 0.3 is 0 Å². The number of carbonyl (C=O) groups excluding carboxylic acids is 1.